The van der Waals surface area contributed by atoms with Crippen molar-refractivity contribution in [3.8, 4) is 0 Å². The molecule has 0 fully saturated rings. The molecule has 0 heterocycles. The molecule has 0 spiro atoms. The second-order valence-corrected chi connectivity index (χ2v) is 4.36. The fourth-order valence-corrected chi connectivity index (χ4v) is 1.98. The van der Waals surface area contributed by atoms with E-state index in [1.807, 2.05) is 0 Å². The van der Waals surface area contributed by atoms with Crippen LogP contribution in [0.3, 0.4) is 0 Å². The molecular weight excluding hydrogens is 382 g/mol. The second kappa shape index (κ2) is 6.63. The number of hydrogen-bond donors (Lipinski definition) is 0. The van der Waals surface area contributed by atoms with Crippen molar-refractivity contribution in [2.24, 2.45) is 0 Å². The molecule has 1 aromatic carbocycles. The molecule has 0 amide bonds. The van der Waals surface area contributed by atoms with Gasteiger partial charge in [-0.2, -0.15) is 52.7 Å². The van der Waals surface area contributed by atoms with Crippen LogP contribution in [-0.2, 0) is 24.7 Å². The Balaban J connectivity index is 0.00000529. The molecule has 0 N–H and O–H groups in total. The SMILES string of the molecule is Bc1cc(C(F)(F)F)c(C(F)(F)F)c(C(F)(F)F)c1C(F)(F)F.[NaH]. The Labute approximate surface area is 148 Å². The van der Waals surface area contributed by atoms with Gasteiger partial charge in [-0.25, -0.2) is 0 Å². The minimum atomic E-state index is -6.30. The topological polar surface area (TPSA) is 0 Å². The van der Waals surface area contributed by atoms with Crippen molar-refractivity contribution >= 4 is 42.9 Å². The van der Waals surface area contributed by atoms with Crippen LogP contribution in [0.2, 0.25) is 0 Å². The average Bonchev–Trinajstić information content (AvgIpc) is 2.21. The van der Waals surface area contributed by atoms with E-state index in [1.54, 1.807) is 0 Å². The molecule has 0 atom stereocenters. The zero-order chi connectivity index (χ0) is 18.6. The molecule has 0 aliphatic carbocycles. The summed E-state index contributed by atoms with van der Waals surface area (Å²) in [5.74, 6) is 0. The van der Waals surface area contributed by atoms with Crippen molar-refractivity contribution in [2.75, 3.05) is 0 Å². The Morgan fingerprint density at radius 1 is 0.542 bits per heavy atom. The van der Waals surface area contributed by atoms with E-state index in [-0.39, 0.29) is 37.4 Å². The fourth-order valence-electron chi connectivity index (χ4n) is 1.98. The molecule has 0 aliphatic rings. The van der Waals surface area contributed by atoms with Crippen LogP contribution in [0.25, 0.3) is 0 Å². The van der Waals surface area contributed by atoms with Crippen molar-refractivity contribution in [1.29, 1.82) is 0 Å². The third-order valence-electron chi connectivity index (χ3n) is 2.68. The van der Waals surface area contributed by atoms with Crippen molar-refractivity contribution in [3.05, 3.63) is 28.3 Å². The first-order valence-corrected chi connectivity index (χ1v) is 5.35. The summed E-state index contributed by atoms with van der Waals surface area (Å²) in [6.07, 6.45) is -24.5. The third-order valence-corrected chi connectivity index (χ3v) is 2.68. The first-order valence-electron chi connectivity index (χ1n) is 5.35. The molecule has 132 valence electrons. The maximum atomic E-state index is 12.8. The summed E-state index contributed by atoms with van der Waals surface area (Å²) in [4.78, 5) is 0. The van der Waals surface area contributed by atoms with E-state index in [4.69, 9.17) is 0 Å². The molecule has 14 heteroatoms. The number of alkyl halides is 12. The van der Waals surface area contributed by atoms with Crippen LogP contribution < -0.4 is 5.46 Å². The summed E-state index contributed by atoms with van der Waals surface area (Å²) < 4.78 is 152. The Kier molecular flexibility index (Phi) is 6.48. The van der Waals surface area contributed by atoms with Crippen molar-refractivity contribution in [1.82, 2.24) is 0 Å². The van der Waals surface area contributed by atoms with E-state index in [0.717, 1.165) is 0 Å². The van der Waals surface area contributed by atoms with Gasteiger partial charge >= 0.3 is 54.3 Å². The van der Waals surface area contributed by atoms with E-state index in [9.17, 15) is 52.7 Å². The molecule has 0 unspecified atom stereocenters. The van der Waals surface area contributed by atoms with E-state index in [1.165, 1.54) is 0 Å². The predicted octanol–water partition coefficient (Wildman–Crippen LogP) is 3.37. The number of rotatable bonds is 0. The van der Waals surface area contributed by atoms with Gasteiger partial charge in [-0.15, -0.1) is 0 Å². The summed E-state index contributed by atoms with van der Waals surface area (Å²) >= 11 is 0. The molecule has 1 aromatic rings. The number of hydrogen-bond acceptors (Lipinski definition) is 0. The Morgan fingerprint density at radius 2 is 0.875 bits per heavy atom. The molecule has 24 heavy (non-hydrogen) atoms. The van der Waals surface area contributed by atoms with E-state index >= 15 is 0 Å². The van der Waals surface area contributed by atoms with Crippen molar-refractivity contribution < 1.29 is 52.7 Å². The minimum absolute atomic E-state index is 0. The van der Waals surface area contributed by atoms with Crippen LogP contribution in [0, 0.1) is 0 Å². The second-order valence-electron chi connectivity index (χ2n) is 4.36. The molecule has 0 nitrogen and oxygen atoms in total. The molecular formula is C10H4BF12Na. The van der Waals surface area contributed by atoms with Gasteiger partial charge in [-0.1, -0.05) is 11.5 Å². The van der Waals surface area contributed by atoms with Crippen LogP contribution in [0.4, 0.5) is 52.7 Å². The first kappa shape index (κ1) is 23.4. The summed E-state index contributed by atoms with van der Waals surface area (Å²) in [5.41, 5.74) is -14.1. The summed E-state index contributed by atoms with van der Waals surface area (Å²) in [5, 5.41) is 0. The number of halogens is 12. The van der Waals surface area contributed by atoms with Gasteiger partial charge in [0.2, 0.25) is 0 Å². The Hall–Kier alpha value is -0.555. The van der Waals surface area contributed by atoms with Crippen molar-refractivity contribution in [2.45, 2.75) is 24.7 Å². The molecule has 0 saturated carbocycles. The third kappa shape index (κ3) is 4.75. The van der Waals surface area contributed by atoms with Crippen LogP contribution >= 0.6 is 0 Å². The van der Waals surface area contributed by atoms with Gasteiger partial charge in [0.15, 0.2) is 0 Å². The van der Waals surface area contributed by atoms with Gasteiger partial charge in [-0.05, 0) is 0 Å². The summed E-state index contributed by atoms with van der Waals surface area (Å²) in [7, 11) is 0.216. The predicted molar refractivity (Wildman–Crippen MR) is 61.8 cm³/mol. The molecule has 0 radical (unpaired) electrons. The van der Waals surface area contributed by atoms with Crippen molar-refractivity contribution in [3.63, 3.8) is 0 Å². The zero-order valence-electron chi connectivity index (χ0n) is 10.6. The number of benzene rings is 1. The average molecular weight is 386 g/mol. The summed E-state index contributed by atoms with van der Waals surface area (Å²) in [6, 6.07) is -0.596. The normalized spacial score (nSPS) is 13.7. The Bertz CT molecular complexity index is 607. The van der Waals surface area contributed by atoms with Crippen LogP contribution in [0.15, 0.2) is 6.07 Å². The molecule has 1 rings (SSSR count). The monoisotopic (exact) mass is 386 g/mol. The van der Waals surface area contributed by atoms with E-state index in [0.29, 0.717) is 0 Å². The Morgan fingerprint density at radius 3 is 1.12 bits per heavy atom. The standard InChI is InChI=1S/C10H3BF12.Na.H/c11-3-1-2(7(12,13)14)4(8(15,16)17)6(10(21,22)23)5(3)9(18,19)20;;/h1H,11H2;;. The van der Waals surface area contributed by atoms with Gasteiger partial charge in [0.1, 0.15) is 7.85 Å². The molecule has 0 aliphatic heterocycles. The van der Waals surface area contributed by atoms with Crippen LogP contribution in [-0.4, -0.2) is 37.4 Å². The molecule has 0 bridgehead atoms. The quantitative estimate of drug-likeness (QED) is 0.474. The first-order chi connectivity index (χ1) is 9.88. The zero-order valence-corrected chi connectivity index (χ0v) is 10.6. The van der Waals surface area contributed by atoms with E-state index in [2.05, 4.69) is 0 Å². The van der Waals surface area contributed by atoms with Gasteiger partial charge < -0.3 is 0 Å². The van der Waals surface area contributed by atoms with E-state index < -0.39 is 58.5 Å². The van der Waals surface area contributed by atoms with Gasteiger partial charge in [0.05, 0.1) is 22.3 Å². The molecule has 0 aromatic heterocycles. The fraction of sp³-hybridized carbons (Fsp3) is 0.400. The summed E-state index contributed by atoms with van der Waals surface area (Å²) in [6.45, 7) is 0. The molecule has 0 saturated heterocycles. The van der Waals surface area contributed by atoms with Gasteiger partial charge in [-0.3, -0.25) is 0 Å². The van der Waals surface area contributed by atoms with Crippen LogP contribution in [0.1, 0.15) is 22.3 Å². The van der Waals surface area contributed by atoms with Gasteiger partial charge in [0.25, 0.3) is 0 Å². The van der Waals surface area contributed by atoms with Gasteiger partial charge in [0, 0.05) is 0 Å². The van der Waals surface area contributed by atoms with Crippen LogP contribution in [0.5, 0.6) is 0 Å². The maximum absolute atomic E-state index is 12.8.